The minimum Gasteiger partial charge on any atom is -0.396 e. The van der Waals surface area contributed by atoms with Crippen molar-refractivity contribution in [3.05, 3.63) is 35.9 Å². The second-order valence-electron chi connectivity index (χ2n) is 3.60. The summed E-state index contributed by atoms with van der Waals surface area (Å²) in [6.45, 7) is 0.0539. The van der Waals surface area contributed by atoms with E-state index in [1.54, 1.807) is 0 Å². The number of benzene rings is 1. The number of carbonyl (C=O) groups excluding carboxylic acids is 1. The van der Waals surface area contributed by atoms with Crippen LogP contribution in [-0.4, -0.2) is 17.6 Å². The van der Waals surface area contributed by atoms with E-state index in [4.69, 9.17) is 5.11 Å². The second kappa shape index (κ2) is 3.80. The van der Waals surface area contributed by atoms with Gasteiger partial charge in [0.25, 0.3) is 0 Å². The van der Waals surface area contributed by atoms with Crippen LogP contribution < -0.4 is 5.32 Å². The van der Waals surface area contributed by atoms with Gasteiger partial charge in [-0.05, 0) is 5.56 Å². The van der Waals surface area contributed by atoms with E-state index < -0.39 is 0 Å². The molecule has 14 heavy (non-hydrogen) atoms. The summed E-state index contributed by atoms with van der Waals surface area (Å²) < 4.78 is 0. The summed E-state index contributed by atoms with van der Waals surface area (Å²) in [5.74, 6) is 0.0443. The minimum atomic E-state index is -0.0197. The lowest BCUT2D eigenvalue weighted by atomic mass is 9.95. The number of hydrogen-bond acceptors (Lipinski definition) is 2. The molecule has 1 aliphatic heterocycles. The Morgan fingerprint density at radius 2 is 2.07 bits per heavy atom. The summed E-state index contributed by atoms with van der Waals surface area (Å²) in [5, 5.41) is 12.0. The average Bonchev–Trinajstić information content (AvgIpc) is 2.61. The highest BCUT2D eigenvalue weighted by atomic mass is 16.3. The minimum absolute atomic E-state index is 0.0184. The SMILES string of the molecule is O=C1C[C@H](CO)[C@@H](c2ccccc2)N1. The Morgan fingerprint density at radius 1 is 1.36 bits per heavy atom. The molecule has 0 spiro atoms. The molecule has 1 aromatic rings. The Bertz CT molecular complexity index is 323. The topological polar surface area (TPSA) is 49.3 Å². The predicted octanol–water partition coefficient (Wildman–Crippen LogP) is 0.856. The van der Waals surface area contributed by atoms with Crippen LogP contribution in [0.1, 0.15) is 18.0 Å². The van der Waals surface area contributed by atoms with Gasteiger partial charge in [-0.2, -0.15) is 0 Å². The summed E-state index contributed by atoms with van der Waals surface area (Å²) in [7, 11) is 0. The summed E-state index contributed by atoms with van der Waals surface area (Å²) in [5.41, 5.74) is 1.07. The molecule has 0 unspecified atom stereocenters. The smallest absolute Gasteiger partial charge is 0.220 e. The number of amides is 1. The zero-order valence-corrected chi connectivity index (χ0v) is 7.81. The van der Waals surface area contributed by atoms with E-state index in [0.717, 1.165) is 5.56 Å². The van der Waals surface area contributed by atoms with Gasteiger partial charge in [-0.1, -0.05) is 30.3 Å². The quantitative estimate of drug-likeness (QED) is 0.728. The first-order chi connectivity index (χ1) is 6.81. The standard InChI is InChI=1S/C11H13NO2/c13-7-9-6-10(14)12-11(9)8-4-2-1-3-5-8/h1-5,9,11,13H,6-7H2,(H,12,14)/t9-,11-/m1/s1. The second-order valence-corrected chi connectivity index (χ2v) is 3.60. The molecule has 1 aliphatic rings. The summed E-state index contributed by atoms with van der Waals surface area (Å²) in [6, 6.07) is 9.74. The highest BCUT2D eigenvalue weighted by Crippen LogP contribution is 2.29. The third-order valence-corrected chi connectivity index (χ3v) is 2.63. The third-order valence-electron chi connectivity index (χ3n) is 2.63. The van der Waals surface area contributed by atoms with Crippen molar-refractivity contribution in [2.45, 2.75) is 12.5 Å². The maximum absolute atomic E-state index is 11.2. The van der Waals surface area contributed by atoms with Gasteiger partial charge in [0.05, 0.1) is 6.04 Å². The van der Waals surface area contributed by atoms with Gasteiger partial charge < -0.3 is 10.4 Å². The molecule has 1 amide bonds. The number of rotatable bonds is 2. The molecule has 1 heterocycles. The molecule has 3 nitrogen and oxygen atoms in total. The lowest BCUT2D eigenvalue weighted by molar-refractivity contribution is -0.119. The van der Waals surface area contributed by atoms with Crippen LogP contribution in [0.4, 0.5) is 0 Å². The highest BCUT2D eigenvalue weighted by Gasteiger charge is 2.32. The van der Waals surface area contributed by atoms with Gasteiger partial charge in [0.15, 0.2) is 0 Å². The summed E-state index contributed by atoms with van der Waals surface area (Å²) >= 11 is 0. The van der Waals surface area contributed by atoms with Crippen molar-refractivity contribution in [1.82, 2.24) is 5.32 Å². The molecule has 0 radical (unpaired) electrons. The monoisotopic (exact) mass is 191 g/mol. The Morgan fingerprint density at radius 3 is 2.71 bits per heavy atom. The zero-order valence-electron chi connectivity index (χ0n) is 7.81. The first kappa shape index (κ1) is 9.21. The molecule has 2 rings (SSSR count). The Hall–Kier alpha value is -1.35. The number of aliphatic hydroxyl groups excluding tert-OH is 1. The van der Waals surface area contributed by atoms with Crippen molar-refractivity contribution in [1.29, 1.82) is 0 Å². The largest absolute Gasteiger partial charge is 0.396 e. The number of hydrogen-bond donors (Lipinski definition) is 2. The van der Waals surface area contributed by atoms with Crippen molar-refractivity contribution < 1.29 is 9.90 Å². The highest BCUT2D eigenvalue weighted by molar-refractivity contribution is 5.79. The van der Waals surface area contributed by atoms with E-state index >= 15 is 0 Å². The van der Waals surface area contributed by atoms with Crippen LogP contribution >= 0.6 is 0 Å². The molecule has 3 heteroatoms. The molecule has 1 saturated heterocycles. The lowest BCUT2D eigenvalue weighted by Gasteiger charge is -2.16. The van der Waals surface area contributed by atoms with Crippen LogP contribution in [0.5, 0.6) is 0 Å². The van der Waals surface area contributed by atoms with Gasteiger partial charge in [0.1, 0.15) is 0 Å². The maximum Gasteiger partial charge on any atom is 0.220 e. The van der Waals surface area contributed by atoms with Gasteiger partial charge in [0, 0.05) is 18.9 Å². The number of carbonyl (C=O) groups is 1. The molecule has 74 valence electrons. The maximum atomic E-state index is 11.2. The fraction of sp³-hybridized carbons (Fsp3) is 0.364. The molecule has 2 N–H and O–H groups in total. The van der Waals surface area contributed by atoms with Crippen LogP contribution in [0.25, 0.3) is 0 Å². The van der Waals surface area contributed by atoms with E-state index in [1.807, 2.05) is 30.3 Å². The third kappa shape index (κ3) is 1.63. The van der Waals surface area contributed by atoms with Crippen molar-refractivity contribution >= 4 is 5.91 Å². The normalized spacial score (nSPS) is 26.2. The molecule has 0 aromatic heterocycles. The van der Waals surface area contributed by atoms with Crippen molar-refractivity contribution in [3.8, 4) is 0 Å². The van der Waals surface area contributed by atoms with E-state index in [2.05, 4.69) is 5.32 Å². The average molecular weight is 191 g/mol. The molecule has 0 aliphatic carbocycles. The Labute approximate surface area is 82.8 Å². The summed E-state index contributed by atoms with van der Waals surface area (Å²) in [4.78, 5) is 11.2. The van der Waals surface area contributed by atoms with Gasteiger partial charge in [-0.15, -0.1) is 0 Å². The molecular formula is C11H13NO2. The zero-order chi connectivity index (χ0) is 9.97. The summed E-state index contributed by atoms with van der Waals surface area (Å²) in [6.07, 6.45) is 0.427. The van der Waals surface area contributed by atoms with Crippen LogP contribution in [-0.2, 0) is 4.79 Å². The first-order valence-electron chi connectivity index (χ1n) is 4.76. The molecular weight excluding hydrogens is 178 g/mol. The fourth-order valence-corrected chi connectivity index (χ4v) is 1.89. The lowest BCUT2D eigenvalue weighted by Crippen LogP contribution is -2.21. The van der Waals surface area contributed by atoms with E-state index in [9.17, 15) is 4.79 Å². The Kier molecular flexibility index (Phi) is 2.50. The van der Waals surface area contributed by atoms with Gasteiger partial charge in [-0.3, -0.25) is 4.79 Å². The van der Waals surface area contributed by atoms with Crippen molar-refractivity contribution in [2.75, 3.05) is 6.61 Å². The molecule has 0 bridgehead atoms. The number of aliphatic hydroxyl groups is 1. The predicted molar refractivity (Wildman–Crippen MR) is 52.5 cm³/mol. The van der Waals surface area contributed by atoms with Crippen LogP contribution in [0, 0.1) is 5.92 Å². The van der Waals surface area contributed by atoms with Gasteiger partial charge in [-0.25, -0.2) is 0 Å². The van der Waals surface area contributed by atoms with E-state index in [1.165, 1.54) is 0 Å². The van der Waals surface area contributed by atoms with Crippen LogP contribution in [0.2, 0.25) is 0 Å². The van der Waals surface area contributed by atoms with Gasteiger partial charge in [0.2, 0.25) is 5.91 Å². The van der Waals surface area contributed by atoms with E-state index in [-0.39, 0.29) is 24.5 Å². The first-order valence-corrected chi connectivity index (χ1v) is 4.76. The van der Waals surface area contributed by atoms with Crippen LogP contribution in [0.15, 0.2) is 30.3 Å². The molecule has 0 saturated carbocycles. The van der Waals surface area contributed by atoms with Gasteiger partial charge >= 0.3 is 0 Å². The van der Waals surface area contributed by atoms with Crippen molar-refractivity contribution in [3.63, 3.8) is 0 Å². The molecule has 1 fully saturated rings. The molecule has 2 atom stereocenters. The number of nitrogens with one attached hydrogen (secondary N) is 1. The van der Waals surface area contributed by atoms with Crippen LogP contribution in [0.3, 0.4) is 0 Å². The Balaban J connectivity index is 2.22. The van der Waals surface area contributed by atoms with E-state index in [0.29, 0.717) is 6.42 Å². The molecule has 1 aromatic carbocycles. The van der Waals surface area contributed by atoms with Crippen molar-refractivity contribution in [2.24, 2.45) is 5.92 Å². The fourth-order valence-electron chi connectivity index (χ4n) is 1.89.